The van der Waals surface area contributed by atoms with Crippen LogP contribution in [0.5, 0.6) is 0 Å². The molecule has 0 N–H and O–H groups in total. The average molecular weight is 752 g/mol. The molecule has 8 rings (SSSR count). The van der Waals surface area contributed by atoms with Crippen LogP contribution in [0.3, 0.4) is 0 Å². The SMILES string of the molecule is [2H]C([2H])([2H])c1c[c-]c(-c2ccc(C([2H])([2H])[2H])cn2)cc1.[Ir].[c-]1ccc2c(oc3c(-c4cccc5ccncc45)cccc32)c1-c1ccccn1. The van der Waals surface area contributed by atoms with E-state index in [1.807, 2.05) is 42.7 Å². The van der Waals surface area contributed by atoms with Crippen molar-refractivity contribution in [3.8, 4) is 33.6 Å². The molecule has 4 aromatic heterocycles. The molecule has 0 amide bonds. The van der Waals surface area contributed by atoms with Gasteiger partial charge in [-0.1, -0.05) is 78.5 Å². The van der Waals surface area contributed by atoms with Gasteiger partial charge in [0.15, 0.2) is 0 Å². The summed E-state index contributed by atoms with van der Waals surface area (Å²) in [6.07, 6.45) is 6.83. The van der Waals surface area contributed by atoms with Crippen LogP contribution in [0, 0.1) is 25.8 Å². The van der Waals surface area contributed by atoms with Crippen LogP contribution < -0.4 is 0 Å². The second-order valence-electron chi connectivity index (χ2n) is 9.92. The monoisotopic (exact) mass is 752 g/mol. The van der Waals surface area contributed by atoms with Crippen LogP contribution in [-0.4, -0.2) is 15.0 Å². The summed E-state index contributed by atoms with van der Waals surface area (Å²) in [5.74, 6) is 0. The number of fused-ring (bicyclic) bond motifs is 4. The first-order valence-electron chi connectivity index (χ1n) is 16.7. The minimum atomic E-state index is -2.18. The van der Waals surface area contributed by atoms with E-state index in [2.05, 4.69) is 69.5 Å². The standard InChI is InChI=1S/C26H15N2O.C13H12N.Ir/c1-2-14-28-24(12-1)22-11-5-10-21-20-9-4-8-19(25(20)29-26(21)22)18-7-3-6-17-13-15-27-16-23(17)18;1-10-3-6-12(7-4-10)13-8-5-11(2)9-14-13;/h1-10,12-16H;3-6,8-9H,1-2H3;/q2*-1;/i;1D3,2D3;. The molecule has 0 fully saturated rings. The maximum atomic E-state index is 7.28. The smallest absolute Gasteiger partial charge is 0.128 e. The van der Waals surface area contributed by atoms with Crippen LogP contribution in [0.4, 0.5) is 0 Å². The van der Waals surface area contributed by atoms with Crippen molar-refractivity contribution in [1.29, 1.82) is 0 Å². The number of benzene rings is 4. The Bertz CT molecular complexity index is 2350. The molecular formula is C39H27IrN3O-2. The summed E-state index contributed by atoms with van der Waals surface area (Å²) in [5, 5.41) is 4.43. The molecule has 4 nitrogen and oxygen atoms in total. The molecule has 0 atom stereocenters. The first-order valence-corrected chi connectivity index (χ1v) is 13.7. The fraction of sp³-hybridized carbons (Fsp3) is 0.0513. The molecule has 0 aliphatic heterocycles. The Balaban J connectivity index is 0.000000182. The van der Waals surface area contributed by atoms with Crippen LogP contribution in [0.15, 0.2) is 132 Å². The zero-order chi connectivity index (χ0) is 34.2. The molecule has 5 heteroatoms. The zero-order valence-corrected chi connectivity index (χ0v) is 25.6. The molecular weight excluding hydrogens is 719 g/mol. The van der Waals surface area contributed by atoms with E-state index in [0.29, 0.717) is 11.3 Å². The Morgan fingerprint density at radius 3 is 2.30 bits per heavy atom. The van der Waals surface area contributed by atoms with Gasteiger partial charge in [0, 0.05) is 69.5 Å². The minimum Gasteiger partial charge on any atom is -0.500 e. The van der Waals surface area contributed by atoms with Crippen molar-refractivity contribution in [3.05, 3.63) is 151 Å². The number of pyridine rings is 3. The van der Waals surface area contributed by atoms with Crippen molar-refractivity contribution >= 4 is 32.7 Å². The van der Waals surface area contributed by atoms with Gasteiger partial charge in [0.25, 0.3) is 0 Å². The molecule has 0 unspecified atom stereocenters. The zero-order valence-electron chi connectivity index (χ0n) is 29.2. The summed E-state index contributed by atoms with van der Waals surface area (Å²) in [7, 11) is 0. The van der Waals surface area contributed by atoms with E-state index in [1.165, 1.54) is 24.4 Å². The molecule has 215 valence electrons. The number of aromatic nitrogens is 3. The maximum absolute atomic E-state index is 7.28. The van der Waals surface area contributed by atoms with Crippen molar-refractivity contribution in [3.63, 3.8) is 0 Å². The summed E-state index contributed by atoms with van der Waals surface area (Å²) in [4.78, 5) is 12.9. The predicted octanol–water partition coefficient (Wildman–Crippen LogP) is 9.83. The Morgan fingerprint density at radius 2 is 1.50 bits per heavy atom. The molecule has 1 radical (unpaired) electrons. The van der Waals surface area contributed by atoms with E-state index >= 15 is 0 Å². The quantitative estimate of drug-likeness (QED) is 0.169. The largest absolute Gasteiger partial charge is 0.500 e. The molecule has 0 spiro atoms. The Labute approximate surface area is 278 Å². The third-order valence-electron chi connectivity index (χ3n) is 7.21. The number of hydrogen-bond acceptors (Lipinski definition) is 4. The van der Waals surface area contributed by atoms with Crippen LogP contribution in [0.25, 0.3) is 66.4 Å². The Kier molecular flexibility index (Phi) is 6.52. The summed E-state index contributed by atoms with van der Waals surface area (Å²) >= 11 is 0. The number of nitrogens with zero attached hydrogens (tertiary/aromatic N) is 3. The van der Waals surface area contributed by atoms with Gasteiger partial charge >= 0.3 is 0 Å². The molecule has 4 heterocycles. The molecule has 8 aromatic rings. The second-order valence-corrected chi connectivity index (χ2v) is 9.92. The van der Waals surface area contributed by atoms with Gasteiger partial charge in [-0.25, -0.2) is 0 Å². The summed E-state index contributed by atoms with van der Waals surface area (Å²) < 4.78 is 50.1. The molecule has 0 aliphatic carbocycles. The van der Waals surface area contributed by atoms with Gasteiger partial charge < -0.3 is 14.4 Å². The number of aryl methyl sites for hydroxylation is 2. The van der Waals surface area contributed by atoms with Crippen molar-refractivity contribution < 1.29 is 32.7 Å². The molecule has 0 saturated heterocycles. The van der Waals surface area contributed by atoms with Gasteiger partial charge in [-0.3, -0.25) is 4.98 Å². The number of furan rings is 1. The van der Waals surface area contributed by atoms with Gasteiger partial charge in [0.1, 0.15) is 5.58 Å². The Morgan fingerprint density at radius 1 is 0.636 bits per heavy atom. The van der Waals surface area contributed by atoms with Gasteiger partial charge in [-0.05, 0) is 46.9 Å². The van der Waals surface area contributed by atoms with E-state index in [0.717, 1.165) is 55.1 Å². The third kappa shape index (κ3) is 5.68. The number of hydrogen-bond donors (Lipinski definition) is 0. The maximum Gasteiger partial charge on any atom is 0.128 e. The summed E-state index contributed by atoms with van der Waals surface area (Å²) in [5.41, 5.74) is 7.14. The van der Waals surface area contributed by atoms with Crippen molar-refractivity contribution in [2.75, 3.05) is 0 Å². The van der Waals surface area contributed by atoms with Crippen LogP contribution in [0.2, 0.25) is 0 Å². The fourth-order valence-electron chi connectivity index (χ4n) is 5.16. The first-order chi connectivity index (χ1) is 23.6. The van der Waals surface area contributed by atoms with Gasteiger partial charge in [0.2, 0.25) is 0 Å². The average Bonchev–Trinajstić information content (AvgIpc) is 3.51. The minimum absolute atomic E-state index is 0. The molecule has 0 aliphatic rings. The van der Waals surface area contributed by atoms with Crippen molar-refractivity contribution in [1.82, 2.24) is 15.0 Å². The van der Waals surface area contributed by atoms with Gasteiger partial charge in [-0.2, -0.15) is 0 Å². The molecule has 0 bridgehead atoms. The number of rotatable bonds is 3. The molecule has 0 saturated carbocycles. The van der Waals surface area contributed by atoms with Crippen molar-refractivity contribution in [2.24, 2.45) is 0 Å². The fourth-order valence-corrected chi connectivity index (χ4v) is 5.16. The molecule has 44 heavy (non-hydrogen) atoms. The van der Waals surface area contributed by atoms with E-state index < -0.39 is 13.7 Å². The summed E-state index contributed by atoms with van der Waals surface area (Å²) in [6, 6.07) is 38.3. The van der Waals surface area contributed by atoms with Gasteiger partial charge in [-0.15, -0.1) is 53.6 Å². The topological polar surface area (TPSA) is 51.8 Å². The second kappa shape index (κ2) is 12.7. The van der Waals surface area contributed by atoms with E-state index in [4.69, 9.17) is 12.6 Å². The van der Waals surface area contributed by atoms with E-state index in [-0.39, 0.29) is 31.2 Å². The predicted molar refractivity (Wildman–Crippen MR) is 175 cm³/mol. The normalized spacial score (nSPS) is 13.4. The van der Waals surface area contributed by atoms with Crippen molar-refractivity contribution in [2.45, 2.75) is 13.7 Å². The van der Waals surface area contributed by atoms with Gasteiger partial charge in [0.05, 0.1) is 5.58 Å². The summed E-state index contributed by atoms with van der Waals surface area (Å²) in [6.45, 7) is -4.34. The van der Waals surface area contributed by atoms with E-state index in [9.17, 15) is 0 Å². The first kappa shape index (κ1) is 22.6. The van der Waals surface area contributed by atoms with Crippen LogP contribution in [-0.2, 0) is 20.1 Å². The van der Waals surface area contributed by atoms with Crippen LogP contribution in [0.1, 0.15) is 19.4 Å². The Hall–Kier alpha value is -4.96. The van der Waals surface area contributed by atoms with Crippen LogP contribution >= 0.6 is 0 Å². The number of para-hydroxylation sites is 1. The molecule has 4 aromatic carbocycles. The third-order valence-corrected chi connectivity index (χ3v) is 7.21. The van der Waals surface area contributed by atoms with E-state index in [1.54, 1.807) is 18.3 Å².